The van der Waals surface area contributed by atoms with E-state index < -0.39 is 0 Å². The second-order valence-electron chi connectivity index (χ2n) is 6.24. The van der Waals surface area contributed by atoms with E-state index in [2.05, 4.69) is 20.8 Å². The number of carbonyl (C=O) groups excluding carboxylic acids is 1. The molecule has 0 aromatic carbocycles. The van der Waals surface area contributed by atoms with Gasteiger partial charge in [-0.15, -0.1) is 0 Å². The first-order chi connectivity index (χ1) is 10.3. The molecule has 126 valence electrons. The van der Waals surface area contributed by atoms with Gasteiger partial charge >= 0.3 is 5.97 Å². The fraction of sp³-hybridized carbons (Fsp3) is 0.947. The fourth-order valence-electron chi connectivity index (χ4n) is 2.66. The van der Waals surface area contributed by atoms with Gasteiger partial charge < -0.3 is 4.74 Å². The van der Waals surface area contributed by atoms with Crippen LogP contribution < -0.4 is 0 Å². The van der Waals surface area contributed by atoms with Gasteiger partial charge in [0.25, 0.3) is 0 Å². The maximum absolute atomic E-state index is 12.0. The maximum Gasteiger partial charge on any atom is 0.308 e. The summed E-state index contributed by atoms with van der Waals surface area (Å²) in [4.78, 5) is 12.0. The van der Waals surface area contributed by atoms with Crippen molar-refractivity contribution in [2.75, 3.05) is 6.61 Å². The lowest BCUT2D eigenvalue weighted by molar-refractivity contribution is -0.149. The van der Waals surface area contributed by atoms with Crippen LogP contribution in [-0.2, 0) is 9.53 Å². The molecule has 0 fully saturated rings. The van der Waals surface area contributed by atoms with Crippen molar-refractivity contribution in [3.8, 4) is 0 Å². The minimum absolute atomic E-state index is 0.0431. The summed E-state index contributed by atoms with van der Waals surface area (Å²) in [5, 5.41) is 0. The van der Waals surface area contributed by atoms with Crippen LogP contribution in [0.15, 0.2) is 0 Å². The van der Waals surface area contributed by atoms with Crippen LogP contribution in [0.5, 0.6) is 0 Å². The molecule has 0 aromatic rings. The molecule has 21 heavy (non-hydrogen) atoms. The first-order valence-corrected chi connectivity index (χ1v) is 9.42. The Balaban J connectivity index is 3.55. The molecular weight excluding hydrogens is 260 g/mol. The van der Waals surface area contributed by atoms with Crippen LogP contribution in [0.3, 0.4) is 0 Å². The molecule has 1 unspecified atom stereocenters. The highest BCUT2D eigenvalue weighted by molar-refractivity contribution is 5.72. The van der Waals surface area contributed by atoms with Gasteiger partial charge in [0.15, 0.2) is 0 Å². The normalized spacial score (nSPS) is 12.3. The topological polar surface area (TPSA) is 26.3 Å². The lowest BCUT2D eigenvalue weighted by atomic mass is 9.98. The highest BCUT2D eigenvalue weighted by Crippen LogP contribution is 2.16. The number of esters is 1. The molecule has 0 radical (unpaired) electrons. The average Bonchev–Trinajstić information content (AvgIpc) is 2.50. The zero-order valence-electron chi connectivity index (χ0n) is 14.8. The van der Waals surface area contributed by atoms with E-state index in [9.17, 15) is 4.79 Å². The van der Waals surface area contributed by atoms with E-state index in [1.807, 2.05) is 0 Å². The van der Waals surface area contributed by atoms with Crippen molar-refractivity contribution in [2.24, 2.45) is 5.92 Å². The summed E-state index contributed by atoms with van der Waals surface area (Å²) in [6.45, 7) is 7.18. The van der Waals surface area contributed by atoms with Crippen LogP contribution >= 0.6 is 0 Å². The van der Waals surface area contributed by atoms with E-state index in [4.69, 9.17) is 4.74 Å². The maximum atomic E-state index is 12.0. The van der Waals surface area contributed by atoms with Crippen molar-refractivity contribution < 1.29 is 9.53 Å². The number of unbranched alkanes of at least 4 members (excludes halogenated alkanes) is 9. The molecule has 0 N–H and O–H groups in total. The molecule has 0 aliphatic heterocycles. The molecule has 0 heterocycles. The van der Waals surface area contributed by atoms with E-state index in [-0.39, 0.29) is 11.9 Å². The van der Waals surface area contributed by atoms with Crippen molar-refractivity contribution in [1.29, 1.82) is 0 Å². The molecule has 0 aliphatic carbocycles. The molecule has 0 bridgehead atoms. The van der Waals surface area contributed by atoms with E-state index in [1.54, 1.807) is 0 Å². The molecule has 1 atom stereocenters. The number of hydrogen-bond donors (Lipinski definition) is 0. The quantitative estimate of drug-likeness (QED) is 0.263. The Morgan fingerprint density at radius 1 is 0.762 bits per heavy atom. The van der Waals surface area contributed by atoms with Gasteiger partial charge in [0.1, 0.15) is 0 Å². The molecule has 0 saturated carbocycles. The van der Waals surface area contributed by atoms with Gasteiger partial charge in [-0.2, -0.15) is 0 Å². The predicted molar refractivity (Wildman–Crippen MR) is 91.5 cm³/mol. The highest BCUT2D eigenvalue weighted by atomic mass is 16.5. The van der Waals surface area contributed by atoms with Crippen molar-refractivity contribution in [3.63, 3.8) is 0 Å². The van der Waals surface area contributed by atoms with Crippen LogP contribution in [0.1, 0.15) is 104 Å². The third-order valence-electron chi connectivity index (χ3n) is 4.22. The Kier molecular flexibility index (Phi) is 15.5. The first-order valence-electron chi connectivity index (χ1n) is 9.42. The van der Waals surface area contributed by atoms with Crippen LogP contribution in [-0.4, -0.2) is 12.6 Å². The lowest BCUT2D eigenvalue weighted by Crippen LogP contribution is -2.17. The van der Waals surface area contributed by atoms with Crippen LogP contribution in [0, 0.1) is 5.92 Å². The minimum Gasteiger partial charge on any atom is -0.465 e. The molecule has 0 saturated heterocycles. The van der Waals surface area contributed by atoms with Gasteiger partial charge in [0, 0.05) is 0 Å². The Bertz CT molecular complexity index is 226. The number of rotatable bonds is 15. The van der Waals surface area contributed by atoms with Crippen molar-refractivity contribution in [1.82, 2.24) is 0 Å². The molecule has 2 heteroatoms. The molecule has 0 spiro atoms. The standard InChI is InChI=1S/C19H38O2/c1-4-7-9-11-13-15-17-21-19(20)18(6-3)16-14-12-10-8-5-2/h18H,4-17H2,1-3H3. The Labute approximate surface area is 133 Å². The zero-order valence-corrected chi connectivity index (χ0v) is 14.8. The second-order valence-corrected chi connectivity index (χ2v) is 6.24. The largest absolute Gasteiger partial charge is 0.465 e. The summed E-state index contributed by atoms with van der Waals surface area (Å²) >= 11 is 0. The molecule has 2 nitrogen and oxygen atoms in total. The highest BCUT2D eigenvalue weighted by Gasteiger charge is 2.17. The Morgan fingerprint density at radius 3 is 1.86 bits per heavy atom. The number of ether oxygens (including phenoxy) is 1. The van der Waals surface area contributed by atoms with Crippen LogP contribution in [0.25, 0.3) is 0 Å². The van der Waals surface area contributed by atoms with Gasteiger partial charge in [-0.25, -0.2) is 0 Å². The summed E-state index contributed by atoms with van der Waals surface area (Å²) in [5.74, 6) is 0.174. The summed E-state index contributed by atoms with van der Waals surface area (Å²) < 4.78 is 5.44. The van der Waals surface area contributed by atoms with Gasteiger partial charge in [0.2, 0.25) is 0 Å². The average molecular weight is 299 g/mol. The SMILES string of the molecule is CCCCCCCCOC(=O)C(CC)CCCCCCC. The van der Waals surface area contributed by atoms with Gasteiger partial charge in [-0.05, 0) is 19.3 Å². The summed E-state index contributed by atoms with van der Waals surface area (Å²) in [6, 6.07) is 0. The zero-order chi connectivity index (χ0) is 15.8. The molecule has 0 amide bonds. The van der Waals surface area contributed by atoms with Crippen LogP contribution in [0.2, 0.25) is 0 Å². The molecular formula is C19H38O2. The summed E-state index contributed by atoms with van der Waals surface area (Å²) in [6.07, 6.45) is 15.7. The first kappa shape index (κ1) is 20.5. The van der Waals surface area contributed by atoms with Gasteiger partial charge in [-0.3, -0.25) is 4.79 Å². The third-order valence-corrected chi connectivity index (χ3v) is 4.22. The minimum atomic E-state index is 0.0431. The predicted octanol–water partition coefficient (Wildman–Crippen LogP) is 6.28. The second kappa shape index (κ2) is 15.9. The van der Waals surface area contributed by atoms with E-state index in [0.717, 1.165) is 19.3 Å². The number of carbonyl (C=O) groups is 1. The van der Waals surface area contributed by atoms with E-state index in [1.165, 1.54) is 64.2 Å². The lowest BCUT2D eigenvalue weighted by Gasteiger charge is -2.14. The smallest absolute Gasteiger partial charge is 0.308 e. The summed E-state index contributed by atoms with van der Waals surface area (Å²) in [7, 11) is 0. The molecule has 0 rings (SSSR count). The summed E-state index contributed by atoms with van der Waals surface area (Å²) in [5.41, 5.74) is 0. The van der Waals surface area contributed by atoms with E-state index in [0.29, 0.717) is 6.61 Å². The van der Waals surface area contributed by atoms with E-state index >= 15 is 0 Å². The molecule has 0 aliphatic rings. The van der Waals surface area contributed by atoms with Crippen LogP contribution in [0.4, 0.5) is 0 Å². The van der Waals surface area contributed by atoms with Crippen molar-refractivity contribution in [3.05, 3.63) is 0 Å². The van der Waals surface area contributed by atoms with Crippen molar-refractivity contribution in [2.45, 2.75) is 104 Å². The monoisotopic (exact) mass is 298 g/mol. The Morgan fingerprint density at radius 2 is 1.29 bits per heavy atom. The van der Waals surface area contributed by atoms with Crippen molar-refractivity contribution >= 4 is 5.97 Å². The third kappa shape index (κ3) is 12.9. The number of hydrogen-bond acceptors (Lipinski definition) is 2. The fourth-order valence-corrected chi connectivity index (χ4v) is 2.66. The molecule has 0 aromatic heterocycles. The van der Waals surface area contributed by atoms with Gasteiger partial charge in [0.05, 0.1) is 12.5 Å². The van der Waals surface area contributed by atoms with Gasteiger partial charge in [-0.1, -0.05) is 85.0 Å². The Hall–Kier alpha value is -0.530.